The summed E-state index contributed by atoms with van der Waals surface area (Å²) in [7, 11) is 0. The SMILES string of the molecule is CCCCCCCCCCCCc1ccc(-c2nc(-c3ccc(C)cc3)nc(-c3ccc(-c4cc(CCCCCC)c(C)cc4CCCCCC)cc3)n2)cc1. The van der Waals surface area contributed by atoms with E-state index >= 15 is 0 Å². The van der Waals surface area contributed by atoms with Gasteiger partial charge >= 0.3 is 0 Å². The molecule has 1 aromatic heterocycles. The van der Waals surface area contributed by atoms with Gasteiger partial charge in [-0.1, -0.05) is 208 Å². The maximum absolute atomic E-state index is 5.10. The molecule has 298 valence electrons. The number of nitrogens with zero attached hydrogens (tertiary/aromatic N) is 3. The van der Waals surface area contributed by atoms with Crippen molar-refractivity contribution in [2.45, 2.75) is 169 Å². The summed E-state index contributed by atoms with van der Waals surface area (Å²) in [5.74, 6) is 2.15. The minimum Gasteiger partial charge on any atom is -0.208 e. The number of rotatable bonds is 25. The lowest BCUT2D eigenvalue weighted by molar-refractivity contribution is 0.556. The third kappa shape index (κ3) is 13.5. The van der Waals surface area contributed by atoms with Crippen LogP contribution in [-0.2, 0) is 19.3 Å². The van der Waals surface area contributed by atoms with Crippen LogP contribution >= 0.6 is 0 Å². The van der Waals surface area contributed by atoms with E-state index in [4.69, 9.17) is 15.0 Å². The first kappa shape index (κ1) is 43.0. The molecule has 0 saturated carbocycles. The second-order valence-corrected chi connectivity index (χ2v) is 16.4. The molecular formula is C53H71N3. The Morgan fingerprint density at radius 1 is 0.357 bits per heavy atom. The van der Waals surface area contributed by atoms with E-state index in [1.807, 2.05) is 0 Å². The van der Waals surface area contributed by atoms with Crippen LogP contribution in [0.25, 0.3) is 45.3 Å². The van der Waals surface area contributed by atoms with Crippen molar-refractivity contribution in [2.24, 2.45) is 0 Å². The summed E-state index contributed by atoms with van der Waals surface area (Å²) < 4.78 is 0. The van der Waals surface area contributed by atoms with Crippen molar-refractivity contribution >= 4 is 0 Å². The highest BCUT2D eigenvalue weighted by Crippen LogP contribution is 2.32. The Labute approximate surface area is 341 Å². The van der Waals surface area contributed by atoms with Crippen LogP contribution in [0.3, 0.4) is 0 Å². The molecule has 5 rings (SSSR count). The summed E-state index contributed by atoms with van der Waals surface area (Å²) >= 11 is 0. The topological polar surface area (TPSA) is 38.7 Å². The van der Waals surface area contributed by atoms with E-state index in [1.54, 1.807) is 0 Å². The Bertz CT molecular complexity index is 1850. The molecule has 0 unspecified atom stereocenters. The van der Waals surface area contributed by atoms with E-state index in [9.17, 15) is 0 Å². The van der Waals surface area contributed by atoms with Crippen LogP contribution in [0.2, 0.25) is 0 Å². The highest BCUT2D eigenvalue weighted by Gasteiger charge is 2.15. The average molecular weight is 750 g/mol. The van der Waals surface area contributed by atoms with Crippen molar-refractivity contribution in [3.8, 4) is 45.3 Å². The molecule has 3 heteroatoms. The molecule has 3 nitrogen and oxygen atoms in total. The molecule has 0 atom stereocenters. The van der Waals surface area contributed by atoms with Crippen LogP contribution in [0.1, 0.15) is 164 Å². The van der Waals surface area contributed by atoms with Gasteiger partial charge in [-0.25, -0.2) is 15.0 Å². The molecule has 0 aliphatic heterocycles. The van der Waals surface area contributed by atoms with Crippen molar-refractivity contribution in [1.29, 1.82) is 0 Å². The molecule has 1 heterocycles. The Balaban J connectivity index is 1.35. The minimum atomic E-state index is 0.712. The molecule has 0 N–H and O–H groups in total. The second-order valence-electron chi connectivity index (χ2n) is 16.4. The zero-order valence-electron chi connectivity index (χ0n) is 35.8. The monoisotopic (exact) mass is 750 g/mol. The molecule has 0 spiro atoms. The van der Waals surface area contributed by atoms with E-state index in [1.165, 1.54) is 155 Å². The smallest absolute Gasteiger partial charge is 0.164 e. The molecule has 5 aromatic rings. The van der Waals surface area contributed by atoms with Crippen molar-refractivity contribution in [1.82, 2.24) is 15.0 Å². The van der Waals surface area contributed by atoms with Gasteiger partial charge in [0, 0.05) is 16.7 Å². The first-order valence-corrected chi connectivity index (χ1v) is 22.6. The predicted octanol–water partition coefficient (Wildman–Crippen LogP) is 15.9. The summed E-state index contributed by atoms with van der Waals surface area (Å²) in [6, 6.07) is 31.4. The third-order valence-corrected chi connectivity index (χ3v) is 11.6. The molecule has 0 aliphatic carbocycles. The van der Waals surface area contributed by atoms with Crippen LogP contribution in [0, 0.1) is 13.8 Å². The molecule has 0 fully saturated rings. The third-order valence-electron chi connectivity index (χ3n) is 11.6. The van der Waals surface area contributed by atoms with Gasteiger partial charge in [0.1, 0.15) is 0 Å². The molecular weight excluding hydrogens is 679 g/mol. The van der Waals surface area contributed by atoms with Crippen molar-refractivity contribution in [2.75, 3.05) is 0 Å². The van der Waals surface area contributed by atoms with Gasteiger partial charge in [0.05, 0.1) is 0 Å². The summed E-state index contributed by atoms with van der Waals surface area (Å²) in [6.07, 6.45) is 27.3. The molecule has 0 radical (unpaired) electrons. The lowest BCUT2D eigenvalue weighted by Gasteiger charge is -2.16. The Hall–Kier alpha value is -4.11. The van der Waals surface area contributed by atoms with Crippen LogP contribution in [0.15, 0.2) is 84.9 Å². The fourth-order valence-electron chi connectivity index (χ4n) is 7.94. The summed E-state index contributed by atoms with van der Waals surface area (Å²) in [5.41, 5.74) is 12.8. The highest BCUT2D eigenvalue weighted by molar-refractivity contribution is 5.73. The van der Waals surface area contributed by atoms with E-state index in [2.05, 4.69) is 120 Å². The second kappa shape index (κ2) is 23.8. The molecule has 0 amide bonds. The number of hydrogen-bond donors (Lipinski definition) is 0. The number of benzene rings is 4. The van der Waals surface area contributed by atoms with Gasteiger partial charge in [0.15, 0.2) is 17.5 Å². The number of aryl methyl sites for hydroxylation is 5. The first-order valence-electron chi connectivity index (χ1n) is 22.6. The average Bonchev–Trinajstić information content (AvgIpc) is 3.23. The molecule has 0 aliphatic rings. The van der Waals surface area contributed by atoms with Crippen LogP contribution < -0.4 is 0 Å². The van der Waals surface area contributed by atoms with Crippen LogP contribution in [-0.4, -0.2) is 15.0 Å². The summed E-state index contributed by atoms with van der Waals surface area (Å²) in [5, 5.41) is 0. The molecule has 0 bridgehead atoms. The maximum Gasteiger partial charge on any atom is 0.164 e. The fourth-order valence-corrected chi connectivity index (χ4v) is 7.94. The molecule has 4 aromatic carbocycles. The minimum absolute atomic E-state index is 0.712. The number of aromatic nitrogens is 3. The Morgan fingerprint density at radius 3 is 1.23 bits per heavy atom. The van der Waals surface area contributed by atoms with Gasteiger partial charge in [-0.3, -0.25) is 0 Å². The van der Waals surface area contributed by atoms with Gasteiger partial charge < -0.3 is 0 Å². The van der Waals surface area contributed by atoms with Crippen molar-refractivity contribution < 1.29 is 0 Å². The van der Waals surface area contributed by atoms with Gasteiger partial charge in [0.25, 0.3) is 0 Å². The van der Waals surface area contributed by atoms with E-state index in [-0.39, 0.29) is 0 Å². The Morgan fingerprint density at radius 2 is 0.732 bits per heavy atom. The largest absolute Gasteiger partial charge is 0.208 e. The normalized spacial score (nSPS) is 11.4. The Kier molecular flexibility index (Phi) is 18.3. The van der Waals surface area contributed by atoms with Gasteiger partial charge in [-0.15, -0.1) is 0 Å². The lowest BCUT2D eigenvalue weighted by Crippen LogP contribution is -2.01. The van der Waals surface area contributed by atoms with Crippen LogP contribution in [0.4, 0.5) is 0 Å². The molecule has 56 heavy (non-hydrogen) atoms. The zero-order valence-corrected chi connectivity index (χ0v) is 35.8. The number of unbranched alkanes of at least 4 members (excludes halogenated alkanes) is 15. The number of hydrogen-bond acceptors (Lipinski definition) is 3. The van der Waals surface area contributed by atoms with Crippen LogP contribution in [0.5, 0.6) is 0 Å². The quantitative estimate of drug-likeness (QED) is 0.0558. The van der Waals surface area contributed by atoms with Gasteiger partial charge in [-0.05, 0) is 85.8 Å². The van der Waals surface area contributed by atoms with Gasteiger partial charge in [0.2, 0.25) is 0 Å². The van der Waals surface area contributed by atoms with E-state index < -0.39 is 0 Å². The summed E-state index contributed by atoms with van der Waals surface area (Å²) in [4.78, 5) is 15.2. The van der Waals surface area contributed by atoms with Crippen molar-refractivity contribution in [3.63, 3.8) is 0 Å². The molecule has 0 saturated heterocycles. The first-order chi connectivity index (χ1) is 27.5. The zero-order chi connectivity index (χ0) is 39.4. The maximum atomic E-state index is 5.10. The van der Waals surface area contributed by atoms with E-state index in [0.717, 1.165) is 41.8 Å². The lowest BCUT2D eigenvalue weighted by atomic mass is 9.89. The van der Waals surface area contributed by atoms with Gasteiger partial charge in [-0.2, -0.15) is 0 Å². The van der Waals surface area contributed by atoms with E-state index in [0.29, 0.717) is 11.6 Å². The highest BCUT2D eigenvalue weighted by atomic mass is 15.0. The standard InChI is InChI=1S/C53H71N3/c1-6-9-12-15-16-17-18-19-20-21-24-43-29-33-46(34-30-43)52-54-51(45-31-27-41(4)28-32-45)55-53(56-52)47-37-35-44(36-38-47)50-40-48(25-22-13-10-7-2)42(5)39-49(50)26-23-14-11-8-3/h27-40H,6-26H2,1-5H3. The predicted molar refractivity (Wildman–Crippen MR) is 242 cm³/mol. The van der Waals surface area contributed by atoms with Crippen molar-refractivity contribution in [3.05, 3.63) is 113 Å². The fraction of sp³-hybridized carbons (Fsp3) is 0.491. The summed E-state index contributed by atoms with van der Waals surface area (Å²) in [6.45, 7) is 11.3.